The van der Waals surface area contributed by atoms with Gasteiger partial charge < -0.3 is 9.47 Å². The van der Waals surface area contributed by atoms with Gasteiger partial charge in [0.25, 0.3) is 0 Å². The van der Waals surface area contributed by atoms with Crippen LogP contribution < -0.4 is 4.90 Å². The summed E-state index contributed by atoms with van der Waals surface area (Å²) in [6.07, 6.45) is 0. The van der Waals surface area contributed by atoms with E-state index >= 15 is 0 Å². The van der Waals surface area contributed by atoms with Gasteiger partial charge in [0.1, 0.15) is 0 Å². The standard InChI is InChI=1S/C54H42N2/c1-53(2)47-25-12-9-21-42(47)45-33-38(29-31-48(45)53)55(39-28-30-43-41-20-8-11-24-46(41)54(3,4)49(43)34-39)37-19-14-16-35(32-37)40-23-15-27-51-52(40)44-22-10-13-26-50(44)56(51)36-17-6-5-7-18-36/h5-34H,1-4H3. The zero-order valence-electron chi connectivity index (χ0n) is 32.2. The summed E-state index contributed by atoms with van der Waals surface area (Å²) in [7, 11) is 0. The van der Waals surface area contributed by atoms with E-state index in [0.717, 1.165) is 17.1 Å². The lowest BCUT2D eigenvalue weighted by Crippen LogP contribution is -2.17. The summed E-state index contributed by atoms with van der Waals surface area (Å²) < 4.78 is 2.40. The van der Waals surface area contributed by atoms with Crippen LogP contribution in [0.5, 0.6) is 0 Å². The van der Waals surface area contributed by atoms with Crippen molar-refractivity contribution in [2.75, 3.05) is 4.90 Å². The molecule has 1 heterocycles. The van der Waals surface area contributed by atoms with Gasteiger partial charge in [0.05, 0.1) is 11.0 Å². The second-order valence-electron chi connectivity index (χ2n) is 16.6. The minimum absolute atomic E-state index is 0.0593. The number of fused-ring (bicyclic) bond motifs is 9. The minimum atomic E-state index is -0.112. The molecule has 2 heteroatoms. The number of rotatable bonds is 5. The molecular formula is C54H42N2. The summed E-state index contributed by atoms with van der Waals surface area (Å²) in [5, 5.41) is 2.52. The summed E-state index contributed by atoms with van der Waals surface area (Å²) in [5.41, 5.74) is 20.1. The molecule has 0 saturated carbocycles. The first-order valence-electron chi connectivity index (χ1n) is 19.8. The predicted molar refractivity (Wildman–Crippen MR) is 236 cm³/mol. The van der Waals surface area contributed by atoms with Crippen LogP contribution in [0.25, 0.3) is 60.9 Å². The molecule has 0 aliphatic heterocycles. The summed E-state index contributed by atoms with van der Waals surface area (Å²) in [6.45, 7) is 9.45. The smallest absolute Gasteiger partial charge is 0.0547 e. The van der Waals surface area contributed by atoms with E-state index in [-0.39, 0.29) is 10.8 Å². The fourth-order valence-corrected chi connectivity index (χ4v) is 10.1. The van der Waals surface area contributed by atoms with Crippen molar-refractivity contribution < 1.29 is 0 Å². The van der Waals surface area contributed by atoms with Crippen molar-refractivity contribution in [3.05, 3.63) is 204 Å². The molecule has 2 aliphatic rings. The van der Waals surface area contributed by atoms with Crippen LogP contribution in [-0.4, -0.2) is 4.57 Å². The first kappa shape index (κ1) is 32.8. The highest BCUT2D eigenvalue weighted by Gasteiger charge is 2.37. The first-order valence-corrected chi connectivity index (χ1v) is 19.8. The SMILES string of the molecule is CC1(C)c2ccccc2-c2cc(N(c3cccc(-c4cccc5c4c4ccccc4n5-c4ccccc4)c3)c3ccc4c(c3)C(C)(C)c3ccccc3-4)ccc21. The number of anilines is 3. The molecule has 0 amide bonds. The molecular weight excluding hydrogens is 677 g/mol. The number of hydrogen-bond acceptors (Lipinski definition) is 1. The Kier molecular flexibility index (Phi) is 6.98. The third kappa shape index (κ3) is 4.62. The van der Waals surface area contributed by atoms with E-state index in [1.807, 2.05) is 0 Å². The Bertz CT molecular complexity index is 3030. The highest BCUT2D eigenvalue weighted by molar-refractivity contribution is 6.16. The Hall–Kier alpha value is -6.64. The summed E-state index contributed by atoms with van der Waals surface area (Å²) in [4.78, 5) is 2.48. The fourth-order valence-electron chi connectivity index (χ4n) is 10.1. The number of hydrogen-bond donors (Lipinski definition) is 0. The maximum Gasteiger partial charge on any atom is 0.0547 e. The maximum atomic E-state index is 2.48. The van der Waals surface area contributed by atoms with E-state index in [2.05, 4.69) is 219 Å². The largest absolute Gasteiger partial charge is 0.310 e. The first-order chi connectivity index (χ1) is 27.3. The molecule has 0 saturated heterocycles. The summed E-state index contributed by atoms with van der Waals surface area (Å²) in [6, 6.07) is 67.6. The van der Waals surface area contributed by atoms with Gasteiger partial charge >= 0.3 is 0 Å². The Balaban J connectivity index is 1.13. The third-order valence-electron chi connectivity index (χ3n) is 12.8. The van der Waals surface area contributed by atoms with Crippen molar-refractivity contribution >= 4 is 38.9 Å². The average Bonchev–Trinajstić information content (AvgIpc) is 3.78. The monoisotopic (exact) mass is 718 g/mol. The number of aromatic nitrogens is 1. The van der Waals surface area contributed by atoms with Crippen LogP contribution in [-0.2, 0) is 10.8 Å². The highest BCUT2D eigenvalue weighted by atomic mass is 15.1. The lowest BCUT2D eigenvalue weighted by Gasteiger charge is -2.29. The van der Waals surface area contributed by atoms with Crippen LogP contribution in [0, 0.1) is 0 Å². The molecule has 0 atom stereocenters. The van der Waals surface area contributed by atoms with Crippen molar-refractivity contribution in [2.45, 2.75) is 38.5 Å². The molecule has 268 valence electrons. The van der Waals surface area contributed by atoms with Crippen LogP contribution in [0.2, 0.25) is 0 Å². The van der Waals surface area contributed by atoms with Crippen molar-refractivity contribution in [1.82, 2.24) is 4.57 Å². The molecule has 0 unspecified atom stereocenters. The molecule has 8 aromatic carbocycles. The third-order valence-corrected chi connectivity index (χ3v) is 12.8. The Morgan fingerprint density at radius 1 is 0.375 bits per heavy atom. The van der Waals surface area contributed by atoms with Gasteiger partial charge in [-0.25, -0.2) is 0 Å². The molecule has 0 bridgehead atoms. The lowest BCUT2D eigenvalue weighted by molar-refractivity contribution is 0.660. The molecule has 56 heavy (non-hydrogen) atoms. The van der Waals surface area contributed by atoms with Gasteiger partial charge in [-0.05, 0) is 116 Å². The summed E-state index contributed by atoms with van der Waals surface area (Å²) in [5.74, 6) is 0. The normalized spacial score (nSPS) is 14.4. The molecule has 0 N–H and O–H groups in total. The van der Waals surface area contributed by atoms with E-state index in [0.29, 0.717) is 0 Å². The van der Waals surface area contributed by atoms with Crippen LogP contribution in [0.1, 0.15) is 49.9 Å². The molecule has 2 aliphatic carbocycles. The molecule has 11 rings (SSSR count). The lowest BCUT2D eigenvalue weighted by atomic mass is 9.82. The Labute approximate surface area is 328 Å². The highest BCUT2D eigenvalue weighted by Crippen LogP contribution is 2.53. The molecule has 9 aromatic rings. The van der Waals surface area contributed by atoms with E-state index in [4.69, 9.17) is 0 Å². The quantitative estimate of drug-likeness (QED) is 0.172. The van der Waals surface area contributed by atoms with Crippen LogP contribution >= 0.6 is 0 Å². The Morgan fingerprint density at radius 3 is 1.73 bits per heavy atom. The number of benzene rings is 8. The topological polar surface area (TPSA) is 8.17 Å². The molecule has 1 aromatic heterocycles. The zero-order valence-corrected chi connectivity index (χ0v) is 32.2. The van der Waals surface area contributed by atoms with Gasteiger partial charge in [-0.3, -0.25) is 0 Å². The zero-order chi connectivity index (χ0) is 37.8. The van der Waals surface area contributed by atoms with E-state index in [1.165, 1.54) is 83.1 Å². The van der Waals surface area contributed by atoms with Gasteiger partial charge in [0, 0.05) is 44.4 Å². The van der Waals surface area contributed by atoms with Crippen LogP contribution in [0.3, 0.4) is 0 Å². The molecule has 0 radical (unpaired) electrons. The van der Waals surface area contributed by atoms with Crippen LogP contribution in [0.4, 0.5) is 17.1 Å². The van der Waals surface area contributed by atoms with Crippen molar-refractivity contribution in [2.24, 2.45) is 0 Å². The van der Waals surface area contributed by atoms with Gasteiger partial charge in [-0.2, -0.15) is 0 Å². The van der Waals surface area contributed by atoms with Gasteiger partial charge in [-0.15, -0.1) is 0 Å². The van der Waals surface area contributed by atoms with Crippen molar-refractivity contribution in [3.8, 4) is 39.1 Å². The second-order valence-corrected chi connectivity index (χ2v) is 16.6. The maximum absolute atomic E-state index is 2.48. The van der Waals surface area contributed by atoms with E-state index in [1.54, 1.807) is 0 Å². The van der Waals surface area contributed by atoms with Crippen molar-refractivity contribution in [1.29, 1.82) is 0 Å². The predicted octanol–water partition coefficient (Wildman–Crippen LogP) is 14.5. The summed E-state index contributed by atoms with van der Waals surface area (Å²) >= 11 is 0. The average molecular weight is 719 g/mol. The molecule has 2 nitrogen and oxygen atoms in total. The Morgan fingerprint density at radius 2 is 0.929 bits per heavy atom. The number of nitrogens with zero attached hydrogens (tertiary/aromatic N) is 2. The molecule has 0 spiro atoms. The minimum Gasteiger partial charge on any atom is -0.310 e. The van der Waals surface area contributed by atoms with E-state index in [9.17, 15) is 0 Å². The number of para-hydroxylation sites is 2. The van der Waals surface area contributed by atoms with Gasteiger partial charge in [0.2, 0.25) is 0 Å². The second kappa shape index (κ2) is 11.9. The van der Waals surface area contributed by atoms with Crippen LogP contribution in [0.15, 0.2) is 182 Å². The van der Waals surface area contributed by atoms with Gasteiger partial charge in [0.15, 0.2) is 0 Å². The fraction of sp³-hybridized carbons (Fsp3) is 0.111. The van der Waals surface area contributed by atoms with E-state index < -0.39 is 0 Å². The van der Waals surface area contributed by atoms with Crippen molar-refractivity contribution in [3.63, 3.8) is 0 Å². The van der Waals surface area contributed by atoms with Gasteiger partial charge in [-0.1, -0.05) is 149 Å². The molecule has 0 fully saturated rings.